The topological polar surface area (TPSA) is 57.9 Å². The second kappa shape index (κ2) is 1.99. The number of sulfone groups is 1. The Balaban J connectivity index is 2.38. The van der Waals surface area contributed by atoms with Crippen LogP contribution < -0.4 is 0 Å². The van der Waals surface area contributed by atoms with Gasteiger partial charge in [0, 0.05) is 6.42 Å². The van der Waals surface area contributed by atoms with Gasteiger partial charge in [-0.05, 0) is 5.92 Å². The number of hydrogen-bond acceptors (Lipinski definition) is 3. The van der Waals surface area contributed by atoms with Crippen molar-refractivity contribution in [2.75, 3.05) is 11.5 Å². The summed E-state index contributed by atoms with van der Waals surface area (Å²) in [6, 6.07) is 1.94. The standard InChI is InChI=1S/C5H7NO2S/c6-2-1-5-3-9(7,8)4-5/h5H,1,3-4H2. The van der Waals surface area contributed by atoms with Gasteiger partial charge in [-0.2, -0.15) is 5.26 Å². The van der Waals surface area contributed by atoms with Crippen molar-refractivity contribution < 1.29 is 8.42 Å². The number of hydrogen-bond donors (Lipinski definition) is 0. The SMILES string of the molecule is N#CCC1CS(=O)(=O)C1. The first-order chi connectivity index (χ1) is 4.14. The zero-order valence-corrected chi connectivity index (χ0v) is 5.69. The molecule has 50 valence electrons. The predicted octanol–water partition coefficient (Wildman–Crippen LogP) is -0.0553. The Labute approximate surface area is 54.2 Å². The van der Waals surface area contributed by atoms with Gasteiger partial charge in [-0.3, -0.25) is 0 Å². The van der Waals surface area contributed by atoms with Gasteiger partial charge in [0.25, 0.3) is 0 Å². The van der Waals surface area contributed by atoms with E-state index in [0.29, 0.717) is 6.42 Å². The van der Waals surface area contributed by atoms with E-state index in [2.05, 4.69) is 0 Å². The first-order valence-corrected chi connectivity index (χ1v) is 4.53. The fourth-order valence-electron chi connectivity index (χ4n) is 0.916. The smallest absolute Gasteiger partial charge is 0.151 e. The molecule has 0 atom stereocenters. The van der Waals surface area contributed by atoms with Crippen molar-refractivity contribution in [3.63, 3.8) is 0 Å². The number of nitrogens with zero attached hydrogens (tertiary/aromatic N) is 1. The van der Waals surface area contributed by atoms with Gasteiger partial charge in [0.1, 0.15) is 0 Å². The molecule has 0 aromatic carbocycles. The third-order valence-electron chi connectivity index (χ3n) is 1.36. The maximum Gasteiger partial charge on any atom is 0.151 e. The van der Waals surface area contributed by atoms with Gasteiger partial charge in [-0.25, -0.2) is 8.42 Å². The van der Waals surface area contributed by atoms with Crippen LogP contribution >= 0.6 is 0 Å². The molecule has 1 aliphatic heterocycles. The highest BCUT2D eigenvalue weighted by Crippen LogP contribution is 2.20. The third-order valence-corrected chi connectivity index (χ3v) is 3.32. The first-order valence-electron chi connectivity index (χ1n) is 2.71. The minimum absolute atomic E-state index is 0.125. The molecule has 1 rings (SSSR count). The van der Waals surface area contributed by atoms with E-state index < -0.39 is 9.84 Å². The monoisotopic (exact) mass is 145 g/mol. The molecule has 0 aromatic heterocycles. The second-order valence-corrected chi connectivity index (χ2v) is 4.46. The molecule has 0 spiro atoms. The van der Waals surface area contributed by atoms with Crippen molar-refractivity contribution in [3.05, 3.63) is 0 Å². The van der Waals surface area contributed by atoms with Crippen molar-refractivity contribution in [2.45, 2.75) is 6.42 Å². The highest BCUT2D eigenvalue weighted by atomic mass is 32.2. The Bertz CT molecular complexity index is 224. The normalized spacial score (nSPS) is 24.3. The highest BCUT2D eigenvalue weighted by molar-refractivity contribution is 7.92. The maximum atomic E-state index is 10.5. The maximum absolute atomic E-state index is 10.5. The summed E-state index contributed by atoms with van der Waals surface area (Å²) in [6.45, 7) is 0. The summed E-state index contributed by atoms with van der Waals surface area (Å²) >= 11 is 0. The summed E-state index contributed by atoms with van der Waals surface area (Å²) in [5, 5.41) is 8.13. The van der Waals surface area contributed by atoms with E-state index in [0.717, 1.165) is 0 Å². The zero-order valence-electron chi connectivity index (χ0n) is 4.87. The molecule has 4 heteroatoms. The fraction of sp³-hybridized carbons (Fsp3) is 0.800. The molecule has 1 heterocycles. The van der Waals surface area contributed by atoms with Crippen LogP contribution in [0.1, 0.15) is 6.42 Å². The van der Waals surface area contributed by atoms with E-state index in [1.54, 1.807) is 0 Å². The molecule has 1 fully saturated rings. The minimum Gasteiger partial charge on any atom is -0.229 e. The molecule has 0 unspecified atom stereocenters. The Morgan fingerprint density at radius 1 is 1.56 bits per heavy atom. The second-order valence-electron chi connectivity index (χ2n) is 2.31. The van der Waals surface area contributed by atoms with Gasteiger partial charge >= 0.3 is 0 Å². The lowest BCUT2D eigenvalue weighted by atomic mass is 10.1. The summed E-state index contributed by atoms with van der Waals surface area (Å²) in [6.07, 6.45) is 0.388. The van der Waals surface area contributed by atoms with E-state index in [1.807, 2.05) is 6.07 Å². The van der Waals surface area contributed by atoms with Crippen molar-refractivity contribution >= 4 is 9.84 Å². The molecule has 1 aliphatic rings. The quantitative estimate of drug-likeness (QED) is 0.519. The summed E-state index contributed by atoms with van der Waals surface area (Å²) in [4.78, 5) is 0. The van der Waals surface area contributed by atoms with Gasteiger partial charge in [0.15, 0.2) is 9.84 Å². The third kappa shape index (κ3) is 1.42. The van der Waals surface area contributed by atoms with E-state index in [1.165, 1.54) is 0 Å². The average molecular weight is 145 g/mol. The van der Waals surface area contributed by atoms with Gasteiger partial charge in [-0.15, -0.1) is 0 Å². The highest BCUT2D eigenvalue weighted by Gasteiger charge is 2.32. The van der Waals surface area contributed by atoms with E-state index >= 15 is 0 Å². The lowest BCUT2D eigenvalue weighted by Crippen LogP contribution is -2.35. The van der Waals surface area contributed by atoms with Crippen LogP contribution in [0.2, 0.25) is 0 Å². The van der Waals surface area contributed by atoms with Crippen LogP contribution in [0.3, 0.4) is 0 Å². The van der Waals surface area contributed by atoms with Crippen LogP contribution in [0.5, 0.6) is 0 Å². The molecular formula is C5H7NO2S. The van der Waals surface area contributed by atoms with Crippen LogP contribution in [-0.2, 0) is 9.84 Å². The van der Waals surface area contributed by atoms with E-state index in [9.17, 15) is 8.42 Å². The molecule has 0 N–H and O–H groups in total. The fourth-order valence-corrected chi connectivity index (χ4v) is 2.49. The molecule has 0 bridgehead atoms. The van der Waals surface area contributed by atoms with Crippen LogP contribution in [-0.4, -0.2) is 19.9 Å². The summed E-state index contributed by atoms with van der Waals surface area (Å²) in [7, 11) is -2.70. The molecule has 3 nitrogen and oxygen atoms in total. The summed E-state index contributed by atoms with van der Waals surface area (Å²) < 4.78 is 20.9. The molecule has 1 saturated heterocycles. The molecule has 0 radical (unpaired) electrons. The summed E-state index contributed by atoms with van der Waals surface area (Å²) in [5.41, 5.74) is 0. The van der Waals surface area contributed by atoms with E-state index in [-0.39, 0.29) is 17.4 Å². The van der Waals surface area contributed by atoms with Gasteiger partial charge in [0.05, 0.1) is 17.6 Å². The van der Waals surface area contributed by atoms with Gasteiger partial charge in [0.2, 0.25) is 0 Å². The molecular weight excluding hydrogens is 138 g/mol. The van der Waals surface area contributed by atoms with Gasteiger partial charge < -0.3 is 0 Å². The molecule has 9 heavy (non-hydrogen) atoms. The number of nitriles is 1. The zero-order chi connectivity index (χ0) is 6.91. The Morgan fingerprint density at radius 2 is 2.11 bits per heavy atom. The van der Waals surface area contributed by atoms with E-state index in [4.69, 9.17) is 5.26 Å². The number of rotatable bonds is 1. The van der Waals surface area contributed by atoms with Crippen molar-refractivity contribution in [1.82, 2.24) is 0 Å². The van der Waals surface area contributed by atoms with Crippen molar-refractivity contribution in [1.29, 1.82) is 5.26 Å². The first kappa shape index (κ1) is 6.56. The van der Waals surface area contributed by atoms with Crippen molar-refractivity contribution in [2.24, 2.45) is 5.92 Å². The Hall–Kier alpha value is -0.560. The summed E-state index contributed by atoms with van der Waals surface area (Å²) in [5.74, 6) is 0.571. The molecule has 0 amide bonds. The van der Waals surface area contributed by atoms with Crippen LogP contribution in [0, 0.1) is 17.2 Å². The minimum atomic E-state index is -2.70. The van der Waals surface area contributed by atoms with Crippen LogP contribution in [0.15, 0.2) is 0 Å². The Morgan fingerprint density at radius 3 is 2.44 bits per heavy atom. The average Bonchev–Trinajstić information content (AvgIpc) is 1.62. The van der Waals surface area contributed by atoms with Gasteiger partial charge in [-0.1, -0.05) is 0 Å². The molecule has 0 saturated carbocycles. The largest absolute Gasteiger partial charge is 0.229 e. The van der Waals surface area contributed by atoms with Crippen molar-refractivity contribution in [3.8, 4) is 6.07 Å². The Kier molecular flexibility index (Phi) is 1.45. The molecule has 0 aliphatic carbocycles. The lowest BCUT2D eigenvalue weighted by Gasteiger charge is -2.22. The predicted molar refractivity (Wildman–Crippen MR) is 32.4 cm³/mol. The van der Waals surface area contributed by atoms with Crippen LogP contribution in [0.25, 0.3) is 0 Å². The van der Waals surface area contributed by atoms with Crippen LogP contribution in [0.4, 0.5) is 0 Å². The molecule has 0 aromatic rings. The lowest BCUT2D eigenvalue weighted by molar-refractivity contribution is 0.527.